The summed E-state index contributed by atoms with van der Waals surface area (Å²) in [5, 5.41) is 93.7. The van der Waals surface area contributed by atoms with E-state index in [9.17, 15) is 45.6 Å². The molecule has 2 aliphatic heterocycles. The average molecular weight is 829 g/mol. The van der Waals surface area contributed by atoms with Gasteiger partial charge in [-0.2, -0.15) is 5.10 Å². The van der Waals surface area contributed by atoms with Crippen LogP contribution in [-0.4, -0.2) is 132 Å². The Morgan fingerprint density at radius 1 is 0.831 bits per heavy atom. The smallest absolute Gasteiger partial charge is 0.335 e. The monoisotopic (exact) mass is 828 g/mol. The Morgan fingerprint density at radius 3 is 2.25 bits per heavy atom. The molecule has 9 N–H and O–H groups in total. The second-order valence-electron chi connectivity index (χ2n) is 18.4. The predicted molar refractivity (Wildman–Crippen MR) is 210 cm³/mol. The van der Waals surface area contributed by atoms with Crippen molar-refractivity contribution >= 4 is 11.9 Å². The molecular weight excluding hydrogens is 768 g/mol. The zero-order valence-corrected chi connectivity index (χ0v) is 33.7. The number of rotatable bonds is 9. The zero-order chi connectivity index (χ0) is 42.1. The highest BCUT2D eigenvalue weighted by molar-refractivity contribution is 5.71. The normalized spacial score (nSPS) is 47.3. The summed E-state index contributed by atoms with van der Waals surface area (Å²) in [5.74, 6) is -0.280. The summed E-state index contributed by atoms with van der Waals surface area (Å²) in [7, 11) is 0. The molecule has 2 aromatic rings. The fourth-order valence-corrected chi connectivity index (χ4v) is 12.1. The molecular formula is C43H60N2O14. The molecule has 2 saturated heterocycles. The van der Waals surface area contributed by atoms with E-state index in [4.69, 9.17) is 28.5 Å². The molecule has 6 aliphatic rings. The van der Waals surface area contributed by atoms with E-state index in [2.05, 4.69) is 12.3 Å². The lowest BCUT2D eigenvalue weighted by atomic mass is 9.41. The molecule has 0 spiro atoms. The molecule has 0 radical (unpaired) electrons. The molecule has 1 aromatic carbocycles. The number of hydrogen-bond acceptors (Lipinski definition) is 16. The van der Waals surface area contributed by atoms with Gasteiger partial charge in [-0.3, -0.25) is 5.43 Å². The Morgan fingerprint density at radius 2 is 1.54 bits per heavy atom. The molecule has 8 rings (SSSR count). The lowest BCUT2D eigenvalue weighted by Crippen LogP contribution is -2.69. The van der Waals surface area contributed by atoms with E-state index in [1.54, 1.807) is 6.92 Å². The molecule has 326 valence electrons. The first-order chi connectivity index (χ1) is 28.0. The summed E-state index contributed by atoms with van der Waals surface area (Å²) in [6.07, 6.45) is -6.91. The van der Waals surface area contributed by atoms with Crippen molar-refractivity contribution in [1.29, 1.82) is 0 Å². The number of aryl methyl sites for hydroxylation is 1. The van der Waals surface area contributed by atoms with Crippen LogP contribution in [0.2, 0.25) is 0 Å². The van der Waals surface area contributed by atoms with Gasteiger partial charge in [-0.25, -0.2) is 4.79 Å². The summed E-state index contributed by atoms with van der Waals surface area (Å²) < 4.78 is 29.0. The summed E-state index contributed by atoms with van der Waals surface area (Å²) in [6.45, 7) is 5.08. The van der Waals surface area contributed by atoms with Gasteiger partial charge in [-0.05, 0) is 107 Å². The molecule has 0 bridgehead atoms. The van der Waals surface area contributed by atoms with Crippen molar-refractivity contribution in [2.45, 2.75) is 163 Å². The number of nitrogens with one attached hydrogen (secondary N) is 1. The molecule has 4 aliphatic carbocycles. The Bertz CT molecular complexity index is 1860. The maximum atomic E-state index is 13.0. The minimum Gasteiger partial charge on any atom is -0.431 e. The first-order valence-electron chi connectivity index (χ1n) is 21.1. The van der Waals surface area contributed by atoms with Crippen molar-refractivity contribution in [1.82, 2.24) is 0 Å². The van der Waals surface area contributed by atoms with Crippen LogP contribution in [0.25, 0.3) is 0 Å². The van der Waals surface area contributed by atoms with E-state index < -0.39 is 102 Å². The van der Waals surface area contributed by atoms with Gasteiger partial charge in [0, 0.05) is 29.5 Å². The average Bonchev–Trinajstić information content (AvgIpc) is 3.50. The van der Waals surface area contributed by atoms with Gasteiger partial charge in [0.15, 0.2) is 12.6 Å². The van der Waals surface area contributed by atoms with Crippen LogP contribution in [0.4, 0.5) is 5.69 Å². The van der Waals surface area contributed by atoms with Crippen LogP contribution >= 0.6 is 0 Å². The Balaban J connectivity index is 1.01. The molecule has 18 atom stereocenters. The number of ether oxygens (including phenoxy) is 4. The van der Waals surface area contributed by atoms with E-state index in [1.165, 1.54) is 12.3 Å². The topological polar surface area (TPSA) is 253 Å². The SMILES string of the molecule is Cc1ccc(N/N=C/[C@]23CC[C@H](O[C@@H]4OC(C)[C@H](O[C@@H]5OC(CO)[C@@H](O)C(O)C5O)C(O)C4O)C[C@@]2(O)CC[C@@H]2[C@@H]3CC[C@]3(C)[C@@H](c4ccc(=O)oc4)CC[C@]23O)cc1. The van der Waals surface area contributed by atoms with Gasteiger partial charge in [0.2, 0.25) is 0 Å². The predicted octanol–water partition coefficient (Wildman–Crippen LogP) is 1.42. The van der Waals surface area contributed by atoms with Crippen LogP contribution in [0.1, 0.15) is 88.7 Å². The van der Waals surface area contributed by atoms with Gasteiger partial charge in [-0.15, -0.1) is 0 Å². The quantitative estimate of drug-likeness (QED) is 0.0985. The van der Waals surface area contributed by atoms with Crippen LogP contribution in [0.15, 0.2) is 57.0 Å². The fourth-order valence-electron chi connectivity index (χ4n) is 12.1. The molecule has 16 heteroatoms. The van der Waals surface area contributed by atoms with Gasteiger partial charge in [0.05, 0.1) is 42.0 Å². The maximum Gasteiger partial charge on any atom is 0.335 e. The fraction of sp³-hybridized carbons (Fsp3) is 0.721. The van der Waals surface area contributed by atoms with E-state index in [1.807, 2.05) is 43.5 Å². The molecule has 0 amide bonds. The molecule has 59 heavy (non-hydrogen) atoms. The lowest BCUT2D eigenvalue weighted by Gasteiger charge is -2.66. The molecule has 6 unspecified atom stereocenters. The van der Waals surface area contributed by atoms with E-state index in [-0.39, 0.29) is 24.2 Å². The number of hydrazone groups is 1. The van der Waals surface area contributed by atoms with E-state index in [0.717, 1.165) is 29.7 Å². The molecule has 6 fully saturated rings. The third-order valence-electron chi connectivity index (χ3n) is 15.4. The maximum absolute atomic E-state index is 13.0. The first-order valence-corrected chi connectivity index (χ1v) is 21.1. The minimum atomic E-state index is -1.71. The number of hydrogen-bond donors (Lipinski definition) is 9. The third kappa shape index (κ3) is 7.20. The van der Waals surface area contributed by atoms with E-state index in [0.29, 0.717) is 38.5 Å². The summed E-state index contributed by atoms with van der Waals surface area (Å²) in [4.78, 5) is 11.8. The van der Waals surface area contributed by atoms with Gasteiger partial charge in [-0.1, -0.05) is 24.6 Å². The van der Waals surface area contributed by atoms with Crippen LogP contribution in [-0.2, 0) is 18.9 Å². The second-order valence-corrected chi connectivity index (χ2v) is 18.4. The lowest BCUT2D eigenvalue weighted by molar-refractivity contribution is -0.361. The standard InChI is InChI=1S/C43H60N2O14/c1-22-4-7-25(8-5-22)45-44-21-41-15-10-26(57-38-36(52)34(50)37(23(2)56-38)59-39-35(51)33(49)32(48)30(19-46)58-39)18-42(41,53)16-12-29-28(41)11-14-40(3)27(13-17-43(29,40)54)24-6-9-31(47)55-20-24/h4-9,20-21,23,26-30,32-39,45-46,48-54H,10-19H2,1-3H3/b44-21+/t23?,26-,27+,28-,29+,30?,32+,33?,34?,35?,36?,37-,38-,39-,40+,41-,42-,43-/m0/s1. The Labute approximate surface area is 342 Å². The van der Waals surface area contributed by atoms with Crippen molar-refractivity contribution < 1.29 is 64.2 Å². The number of aliphatic hydroxyl groups excluding tert-OH is 6. The minimum absolute atomic E-state index is 0.00237. The highest BCUT2D eigenvalue weighted by Crippen LogP contribution is 2.71. The van der Waals surface area contributed by atoms with Crippen LogP contribution in [0.5, 0.6) is 0 Å². The number of fused-ring (bicyclic) bond motifs is 5. The highest BCUT2D eigenvalue weighted by atomic mass is 16.7. The molecule has 4 saturated carbocycles. The third-order valence-corrected chi connectivity index (χ3v) is 15.4. The van der Waals surface area contributed by atoms with Gasteiger partial charge < -0.3 is 64.2 Å². The largest absolute Gasteiger partial charge is 0.431 e. The second kappa shape index (κ2) is 16.1. The summed E-state index contributed by atoms with van der Waals surface area (Å²) in [5.41, 5.74) is 1.86. The number of benzene rings is 1. The van der Waals surface area contributed by atoms with Gasteiger partial charge in [0.1, 0.15) is 42.7 Å². The Hall–Kier alpha value is -2.84. The first kappa shape index (κ1) is 42.8. The number of anilines is 1. The van der Waals surface area contributed by atoms with Crippen LogP contribution in [0.3, 0.4) is 0 Å². The van der Waals surface area contributed by atoms with Crippen molar-refractivity contribution in [3.63, 3.8) is 0 Å². The van der Waals surface area contributed by atoms with Crippen molar-refractivity contribution in [3.05, 3.63) is 64.2 Å². The van der Waals surface area contributed by atoms with Crippen LogP contribution < -0.4 is 11.1 Å². The van der Waals surface area contributed by atoms with E-state index >= 15 is 0 Å². The molecule has 16 nitrogen and oxygen atoms in total. The molecule has 1 aromatic heterocycles. The van der Waals surface area contributed by atoms with Gasteiger partial charge in [0.25, 0.3) is 0 Å². The zero-order valence-electron chi connectivity index (χ0n) is 33.7. The number of nitrogens with zero attached hydrogens (tertiary/aromatic N) is 1. The highest BCUT2D eigenvalue weighted by Gasteiger charge is 2.71. The van der Waals surface area contributed by atoms with Crippen molar-refractivity contribution in [3.8, 4) is 0 Å². The van der Waals surface area contributed by atoms with Crippen LogP contribution in [0, 0.1) is 29.6 Å². The summed E-state index contributed by atoms with van der Waals surface area (Å²) >= 11 is 0. The summed E-state index contributed by atoms with van der Waals surface area (Å²) in [6, 6.07) is 11.1. The van der Waals surface area contributed by atoms with Gasteiger partial charge >= 0.3 is 5.63 Å². The van der Waals surface area contributed by atoms with Crippen molar-refractivity contribution in [2.75, 3.05) is 12.0 Å². The number of aliphatic hydroxyl groups is 8. The molecule has 3 heterocycles. The van der Waals surface area contributed by atoms with Crippen molar-refractivity contribution in [2.24, 2.45) is 27.8 Å². The Kier molecular flexibility index (Phi) is 11.7.